The molecule has 1 amide bonds. The van der Waals surface area contributed by atoms with Gasteiger partial charge >= 0.3 is 0 Å². The molecule has 2 aromatic rings. The largest absolute Gasteiger partial charge is 0.493 e. The Bertz CT molecular complexity index is 1090. The van der Waals surface area contributed by atoms with Gasteiger partial charge in [-0.1, -0.05) is 17.8 Å². The lowest BCUT2D eigenvalue weighted by Gasteiger charge is -2.22. The molecule has 10 heteroatoms. The first kappa shape index (κ1) is 25.4. The molecule has 0 spiro atoms. The second-order valence-electron chi connectivity index (χ2n) is 7.01. The molecule has 0 fully saturated rings. The lowest BCUT2D eigenvalue weighted by molar-refractivity contribution is 0.0951. The zero-order chi connectivity index (χ0) is 24.4. The second kappa shape index (κ2) is 12.2. The fraction of sp³-hybridized carbons (Fsp3) is 0.304. The Hall–Kier alpha value is -3.89. The van der Waals surface area contributed by atoms with Gasteiger partial charge in [0.1, 0.15) is 0 Å². The molecule has 0 aliphatic heterocycles. The topological polar surface area (TPSA) is 134 Å². The van der Waals surface area contributed by atoms with Gasteiger partial charge in [0, 0.05) is 18.3 Å². The third-order valence-electron chi connectivity index (χ3n) is 4.71. The monoisotopic (exact) mass is 466 g/mol. The molecular weight excluding hydrogens is 440 g/mol. The van der Waals surface area contributed by atoms with Crippen LogP contribution in [0.15, 0.2) is 36.4 Å². The van der Waals surface area contributed by atoms with Crippen LogP contribution in [0.25, 0.3) is 0 Å². The minimum atomic E-state index is -0.356. The van der Waals surface area contributed by atoms with Crippen LogP contribution in [-0.2, 0) is 6.54 Å². The van der Waals surface area contributed by atoms with E-state index in [-0.39, 0.29) is 30.2 Å². The third-order valence-corrected chi connectivity index (χ3v) is 5.32. The molecule has 0 unspecified atom stereocenters. The molecule has 0 aliphatic rings. The molecule has 0 bridgehead atoms. The van der Waals surface area contributed by atoms with Crippen LogP contribution in [0.2, 0.25) is 0 Å². The summed E-state index contributed by atoms with van der Waals surface area (Å²) >= 11 is 1.17. The van der Waals surface area contributed by atoms with Crippen molar-refractivity contribution in [3.8, 4) is 23.8 Å². The summed E-state index contributed by atoms with van der Waals surface area (Å²) in [5, 5.41) is 32.6. The van der Waals surface area contributed by atoms with E-state index in [0.29, 0.717) is 28.3 Å². The molecule has 0 saturated heterocycles. The number of nitrogens with one attached hydrogen (secondary N) is 3. The number of amides is 1. The molecule has 0 radical (unpaired) electrons. The third kappa shape index (κ3) is 6.79. The van der Waals surface area contributed by atoms with Crippen molar-refractivity contribution in [2.24, 2.45) is 0 Å². The van der Waals surface area contributed by atoms with Crippen LogP contribution in [0, 0.1) is 28.2 Å². The molecule has 9 nitrogen and oxygen atoms in total. The van der Waals surface area contributed by atoms with E-state index in [1.54, 1.807) is 44.7 Å². The number of amidine groups is 1. The van der Waals surface area contributed by atoms with E-state index in [1.807, 2.05) is 25.3 Å². The minimum absolute atomic E-state index is 0.138. The summed E-state index contributed by atoms with van der Waals surface area (Å²) in [6.07, 6.45) is 3.72. The molecule has 0 aromatic heterocycles. The van der Waals surface area contributed by atoms with Crippen molar-refractivity contribution in [3.05, 3.63) is 53.1 Å². The lowest BCUT2D eigenvalue weighted by Crippen LogP contribution is -2.35. The van der Waals surface area contributed by atoms with Gasteiger partial charge in [0.05, 0.1) is 38.0 Å². The first-order chi connectivity index (χ1) is 15.9. The van der Waals surface area contributed by atoms with Gasteiger partial charge in [0.15, 0.2) is 22.9 Å². The molecule has 0 aliphatic carbocycles. The minimum Gasteiger partial charge on any atom is -0.493 e. The van der Waals surface area contributed by atoms with Crippen LogP contribution >= 0.6 is 11.8 Å². The number of carbonyl (C=O) groups is 1. The summed E-state index contributed by atoms with van der Waals surface area (Å²) in [5.41, 5.74) is 2.01. The smallest absolute Gasteiger partial charge is 0.253 e. The molecule has 2 rings (SSSR count). The quantitative estimate of drug-likeness (QED) is 0.222. The summed E-state index contributed by atoms with van der Waals surface area (Å²) in [7, 11) is 3.09. The highest BCUT2D eigenvalue weighted by Gasteiger charge is 2.17. The highest BCUT2D eigenvalue weighted by Crippen LogP contribution is 2.27. The van der Waals surface area contributed by atoms with Crippen molar-refractivity contribution in [2.75, 3.05) is 32.3 Å². The fourth-order valence-corrected chi connectivity index (χ4v) is 3.40. The number of hydrogen-bond donors (Lipinski definition) is 3. The summed E-state index contributed by atoms with van der Waals surface area (Å²) in [4.78, 5) is 14.2. The molecule has 33 heavy (non-hydrogen) atoms. The van der Waals surface area contributed by atoms with Crippen LogP contribution in [0.3, 0.4) is 0 Å². The van der Waals surface area contributed by atoms with Crippen molar-refractivity contribution < 1.29 is 14.3 Å². The number of hydrogen-bond acceptors (Lipinski definition) is 8. The Morgan fingerprint density at radius 2 is 1.91 bits per heavy atom. The number of ether oxygens (including phenoxy) is 2. The number of methoxy groups -OCH3 is 2. The number of carbonyl (C=O) groups excluding carboxylic acids is 1. The van der Waals surface area contributed by atoms with Gasteiger partial charge in [-0.15, -0.1) is 0 Å². The van der Waals surface area contributed by atoms with Crippen LogP contribution in [-0.4, -0.2) is 49.0 Å². The van der Waals surface area contributed by atoms with E-state index >= 15 is 0 Å². The predicted molar refractivity (Wildman–Crippen MR) is 129 cm³/mol. The zero-order valence-electron chi connectivity index (χ0n) is 18.9. The van der Waals surface area contributed by atoms with Crippen molar-refractivity contribution in [3.63, 3.8) is 0 Å². The van der Waals surface area contributed by atoms with Gasteiger partial charge in [0.2, 0.25) is 0 Å². The predicted octanol–water partition coefficient (Wildman–Crippen LogP) is 3.39. The Labute approximate surface area is 197 Å². The molecule has 0 heterocycles. The molecule has 172 valence electrons. The fourth-order valence-electron chi connectivity index (χ4n) is 3.06. The van der Waals surface area contributed by atoms with Crippen LogP contribution < -0.4 is 20.1 Å². The number of benzene rings is 2. The van der Waals surface area contributed by atoms with Crippen molar-refractivity contribution in [1.29, 1.82) is 15.9 Å². The SMILES string of the molecule is COc1ccc(CNC(=O)c2cc(C#N)ccc2N[C@@H](C)CN(C#N)C(=N)SC)cc1OC. The Morgan fingerprint density at radius 3 is 2.52 bits per heavy atom. The van der Waals surface area contributed by atoms with E-state index in [0.717, 1.165) is 5.56 Å². The average Bonchev–Trinajstić information content (AvgIpc) is 2.85. The molecule has 1 atom stereocenters. The van der Waals surface area contributed by atoms with Gasteiger partial charge in [-0.25, -0.2) is 0 Å². The number of nitriles is 2. The Morgan fingerprint density at radius 1 is 1.18 bits per heavy atom. The summed E-state index contributed by atoms with van der Waals surface area (Å²) < 4.78 is 10.5. The van der Waals surface area contributed by atoms with E-state index < -0.39 is 0 Å². The van der Waals surface area contributed by atoms with E-state index in [9.17, 15) is 15.3 Å². The molecule has 3 N–H and O–H groups in total. The molecular formula is C23H26N6O3S. The first-order valence-electron chi connectivity index (χ1n) is 9.96. The first-order valence-corrected chi connectivity index (χ1v) is 11.2. The Kier molecular flexibility index (Phi) is 9.40. The maximum atomic E-state index is 13.0. The van der Waals surface area contributed by atoms with Gasteiger partial charge in [0.25, 0.3) is 5.91 Å². The standard InChI is InChI=1S/C23H26N6O3S/c1-15(13-29(14-25)23(26)33-4)28-19-7-5-16(11-24)9-18(19)22(30)27-12-17-6-8-20(31-2)21(10-17)32-3/h5-10,15,26,28H,12-13H2,1-4H3,(H,27,30)/t15-/m0/s1. The van der Waals surface area contributed by atoms with Gasteiger partial charge in [-0.05, 0) is 49.1 Å². The van der Waals surface area contributed by atoms with Gasteiger partial charge in [-0.2, -0.15) is 10.5 Å². The lowest BCUT2D eigenvalue weighted by atomic mass is 10.1. The van der Waals surface area contributed by atoms with Crippen LogP contribution in [0.5, 0.6) is 11.5 Å². The summed E-state index contributed by atoms with van der Waals surface area (Å²) in [5.74, 6) is 0.797. The van der Waals surface area contributed by atoms with E-state index in [1.165, 1.54) is 22.7 Å². The highest BCUT2D eigenvalue weighted by atomic mass is 32.2. The Balaban J connectivity index is 2.18. The highest BCUT2D eigenvalue weighted by molar-refractivity contribution is 8.13. The number of nitrogens with zero attached hydrogens (tertiary/aromatic N) is 3. The zero-order valence-corrected chi connectivity index (χ0v) is 19.7. The van der Waals surface area contributed by atoms with Crippen molar-refractivity contribution in [1.82, 2.24) is 10.2 Å². The van der Waals surface area contributed by atoms with Crippen molar-refractivity contribution >= 4 is 28.5 Å². The van der Waals surface area contributed by atoms with Gasteiger partial charge < -0.3 is 20.1 Å². The number of thioether (sulfide) groups is 1. The molecule has 0 saturated carbocycles. The van der Waals surface area contributed by atoms with Crippen molar-refractivity contribution in [2.45, 2.75) is 19.5 Å². The maximum absolute atomic E-state index is 13.0. The maximum Gasteiger partial charge on any atom is 0.253 e. The van der Waals surface area contributed by atoms with Gasteiger partial charge in [-0.3, -0.25) is 15.1 Å². The molecule has 2 aromatic carbocycles. The average molecular weight is 467 g/mol. The van der Waals surface area contributed by atoms with Crippen LogP contribution in [0.4, 0.5) is 5.69 Å². The number of rotatable bonds is 9. The van der Waals surface area contributed by atoms with Crippen LogP contribution in [0.1, 0.15) is 28.4 Å². The van der Waals surface area contributed by atoms with E-state index in [4.69, 9.17) is 14.9 Å². The second-order valence-corrected chi connectivity index (χ2v) is 7.80. The number of anilines is 1. The summed E-state index contributed by atoms with van der Waals surface area (Å²) in [6, 6.07) is 12.0. The van der Waals surface area contributed by atoms with E-state index in [2.05, 4.69) is 10.6 Å². The summed E-state index contributed by atoms with van der Waals surface area (Å²) in [6.45, 7) is 2.35. The normalized spacial score (nSPS) is 10.8.